The van der Waals surface area contributed by atoms with Gasteiger partial charge >= 0.3 is 0 Å². The third-order valence-electron chi connectivity index (χ3n) is 5.15. The molecular weight excluding hydrogens is 376 g/mol. The maximum atomic E-state index is 12.6. The van der Waals surface area contributed by atoms with E-state index >= 15 is 0 Å². The molecule has 0 aliphatic carbocycles. The van der Waals surface area contributed by atoms with Crippen LogP contribution in [0, 0.1) is 0 Å². The van der Waals surface area contributed by atoms with Crippen LogP contribution in [-0.2, 0) is 17.8 Å². The molecule has 4 rings (SSSR count). The van der Waals surface area contributed by atoms with Crippen LogP contribution in [0.15, 0.2) is 72.8 Å². The van der Waals surface area contributed by atoms with Gasteiger partial charge in [0, 0.05) is 23.4 Å². The van der Waals surface area contributed by atoms with Crippen LogP contribution in [0.1, 0.15) is 34.8 Å². The average molecular weight is 400 g/mol. The predicted octanol–water partition coefficient (Wildman–Crippen LogP) is 4.82. The molecule has 1 heterocycles. The number of benzene rings is 3. The van der Waals surface area contributed by atoms with Crippen LogP contribution in [0.2, 0.25) is 0 Å². The van der Waals surface area contributed by atoms with Crippen LogP contribution in [0.3, 0.4) is 0 Å². The fourth-order valence-corrected chi connectivity index (χ4v) is 3.65. The SMILES string of the molecule is CCOc1ccc(C(=O)Nc2ccc3c(c2)CCC(=O)N3Cc2ccccc2)cc1. The fraction of sp³-hybridized carbons (Fsp3) is 0.200. The first-order valence-electron chi connectivity index (χ1n) is 10.2. The number of rotatable bonds is 6. The molecule has 0 bridgehead atoms. The van der Waals surface area contributed by atoms with Crippen molar-refractivity contribution in [3.63, 3.8) is 0 Å². The Morgan fingerprint density at radius 3 is 2.50 bits per heavy atom. The molecule has 1 aliphatic rings. The van der Waals surface area contributed by atoms with Gasteiger partial charge in [-0.25, -0.2) is 0 Å². The highest BCUT2D eigenvalue weighted by atomic mass is 16.5. The van der Waals surface area contributed by atoms with E-state index in [1.165, 1.54) is 0 Å². The summed E-state index contributed by atoms with van der Waals surface area (Å²) in [5.41, 5.74) is 4.36. The number of carbonyl (C=O) groups excluding carboxylic acids is 2. The van der Waals surface area contributed by atoms with Crippen molar-refractivity contribution in [1.82, 2.24) is 0 Å². The molecule has 0 spiro atoms. The Morgan fingerprint density at radius 1 is 1.00 bits per heavy atom. The first-order chi connectivity index (χ1) is 14.6. The number of nitrogens with one attached hydrogen (secondary N) is 1. The summed E-state index contributed by atoms with van der Waals surface area (Å²) in [4.78, 5) is 26.9. The Balaban J connectivity index is 1.50. The van der Waals surface area contributed by atoms with Gasteiger partial charge in [0.2, 0.25) is 5.91 Å². The first kappa shape index (κ1) is 19.7. The molecule has 0 atom stereocenters. The molecule has 0 radical (unpaired) electrons. The van der Waals surface area contributed by atoms with E-state index in [2.05, 4.69) is 5.32 Å². The van der Waals surface area contributed by atoms with Crippen molar-refractivity contribution in [3.8, 4) is 5.75 Å². The minimum Gasteiger partial charge on any atom is -0.494 e. The monoisotopic (exact) mass is 400 g/mol. The Morgan fingerprint density at radius 2 is 1.77 bits per heavy atom. The molecule has 1 N–H and O–H groups in total. The second-order valence-corrected chi connectivity index (χ2v) is 7.22. The van der Waals surface area contributed by atoms with Gasteiger partial charge in [-0.15, -0.1) is 0 Å². The predicted molar refractivity (Wildman–Crippen MR) is 118 cm³/mol. The molecule has 0 fully saturated rings. The third-order valence-corrected chi connectivity index (χ3v) is 5.15. The summed E-state index contributed by atoms with van der Waals surface area (Å²) in [6.07, 6.45) is 1.14. The van der Waals surface area contributed by atoms with E-state index < -0.39 is 0 Å². The van der Waals surface area contributed by atoms with E-state index in [4.69, 9.17) is 4.74 Å². The largest absolute Gasteiger partial charge is 0.494 e. The van der Waals surface area contributed by atoms with Crippen molar-refractivity contribution in [2.45, 2.75) is 26.3 Å². The van der Waals surface area contributed by atoms with Gasteiger partial charge in [0.15, 0.2) is 0 Å². The number of aryl methyl sites for hydroxylation is 1. The topological polar surface area (TPSA) is 58.6 Å². The highest BCUT2D eigenvalue weighted by molar-refractivity contribution is 6.05. The van der Waals surface area contributed by atoms with Crippen LogP contribution < -0.4 is 15.0 Å². The molecular formula is C25H24N2O3. The minimum atomic E-state index is -0.175. The molecule has 0 unspecified atom stereocenters. The summed E-state index contributed by atoms with van der Waals surface area (Å²) in [6, 6.07) is 22.8. The average Bonchev–Trinajstić information content (AvgIpc) is 2.77. The van der Waals surface area contributed by atoms with E-state index in [9.17, 15) is 9.59 Å². The number of fused-ring (bicyclic) bond motifs is 1. The van der Waals surface area contributed by atoms with Gasteiger partial charge in [0.05, 0.1) is 13.2 Å². The lowest BCUT2D eigenvalue weighted by Gasteiger charge is -2.30. The molecule has 5 heteroatoms. The zero-order valence-electron chi connectivity index (χ0n) is 16.9. The van der Waals surface area contributed by atoms with Gasteiger partial charge in [0.25, 0.3) is 5.91 Å². The van der Waals surface area contributed by atoms with Gasteiger partial charge < -0.3 is 15.0 Å². The number of nitrogens with zero attached hydrogens (tertiary/aromatic N) is 1. The van der Waals surface area contributed by atoms with E-state index in [1.54, 1.807) is 24.3 Å². The second kappa shape index (κ2) is 8.82. The van der Waals surface area contributed by atoms with Crippen molar-refractivity contribution in [3.05, 3.63) is 89.5 Å². The number of ether oxygens (including phenoxy) is 1. The van der Waals surface area contributed by atoms with Crippen LogP contribution in [0.25, 0.3) is 0 Å². The summed E-state index contributed by atoms with van der Waals surface area (Å²) >= 11 is 0. The second-order valence-electron chi connectivity index (χ2n) is 7.22. The van der Waals surface area contributed by atoms with Crippen molar-refractivity contribution >= 4 is 23.2 Å². The Bertz CT molecular complexity index is 1050. The molecule has 5 nitrogen and oxygen atoms in total. The summed E-state index contributed by atoms with van der Waals surface area (Å²) in [5.74, 6) is 0.689. The van der Waals surface area contributed by atoms with Crippen LogP contribution in [-0.4, -0.2) is 18.4 Å². The lowest BCUT2D eigenvalue weighted by Crippen LogP contribution is -2.34. The maximum absolute atomic E-state index is 12.6. The minimum absolute atomic E-state index is 0.123. The van der Waals surface area contributed by atoms with Gasteiger partial charge in [-0.05, 0) is 66.9 Å². The van der Waals surface area contributed by atoms with E-state index in [0.717, 1.165) is 28.3 Å². The van der Waals surface area contributed by atoms with Crippen LogP contribution in [0.5, 0.6) is 5.75 Å². The Kier molecular flexibility index (Phi) is 5.80. The van der Waals surface area contributed by atoms with E-state index in [1.807, 2.05) is 60.4 Å². The molecule has 152 valence electrons. The van der Waals surface area contributed by atoms with Gasteiger partial charge in [-0.2, -0.15) is 0 Å². The van der Waals surface area contributed by atoms with Crippen molar-refractivity contribution < 1.29 is 14.3 Å². The van der Waals surface area contributed by atoms with Gasteiger partial charge in [-0.1, -0.05) is 30.3 Å². The quantitative estimate of drug-likeness (QED) is 0.646. The highest BCUT2D eigenvalue weighted by Crippen LogP contribution is 2.31. The highest BCUT2D eigenvalue weighted by Gasteiger charge is 2.24. The van der Waals surface area contributed by atoms with Crippen molar-refractivity contribution in [2.75, 3.05) is 16.8 Å². The van der Waals surface area contributed by atoms with E-state index in [-0.39, 0.29) is 11.8 Å². The molecule has 0 saturated heterocycles. The van der Waals surface area contributed by atoms with Crippen molar-refractivity contribution in [1.29, 1.82) is 0 Å². The van der Waals surface area contributed by atoms with Crippen LogP contribution >= 0.6 is 0 Å². The lowest BCUT2D eigenvalue weighted by atomic mass is 9.99. The molecule has 30 heavy (non-hydrogen) atoms. The number of hydrogen-bond acceptors (Lipinski definition) is 3. The van der Waals surface area contributed by atoms with Gasteiger partial charge in [0.1, 0.15) is 5.75 Å². The lowest BCUT2D eigenvalue weighted by molar-refractivity contribution is -0.119. The number of hydrogen-bond donors (Lipinski definition) is 1. The molecule has 2 amide bonds. The first-order valence-corrected chi connectivity index (χ1v) is 10.2. The molecule has 0 aromatic heterocycles. The van der Waals surface area contributed by atoms with Gasteiger partial charge in [-0.3, -0.25) is 9.59 Å². The molecule has 3 aromatic carbocycles. The fourth-order valence-electron chi connectivity index (χ4n) is 3.65. The smallest absolute Gasteiger partial charge is 0.255 e. The Hall–Kier alpha value is -3.60. The van der Waals surface area contributed by atoms with Crippen LogP contribution in [0.4, 0.5) is 11.4 Å². The number of amides is 2. The molecule has 1 aliphatic heterocycles. The Labute approximate surface area is 176 Å². The third kappa shape index (κ3) is 4.35. The number of carbonyl (C=O) groups is 2. The molecule has 0 saturated carbocycles. The normalized spacial score (nSPS) is 13.0. The number of anilines is 2. The zero-order chi connectivity index (χ0) is 20.9. The summed E-state index contributed by atoms with van der Waals surface area (Å²) < 4.78 is 5.42. The summed E-state index contributed by atoms with van der Waals surface area (Å²) in [5, 5.41) is 2.95. The van der Waals surface area contributed by atoms with E-state index in [0.29, 0.717) is 31.6 Å². The standard InChI is InChI=1S/C25H24N2O3/c1-2-30-22-12-8-19(9-13-22)25(29)26-21-11-14-23-20(16-21)10-15-24(28)27(23)17-18-6-4-3-5-7-18/h3-9,11-14,16H,2,10,15,17H2,1H3,(H,26,29). The summed E-state index contributed by atoms with van der Waals surface area (Å²) in [6.45, 7) is 3.06. The summed E-state index contributed by atoms with van der Waals surface area (Å²) in [7, 11) is 0. The maximum Gasteiger partial charge on any atom is 0.255 e. The molecule has 3 aromatic rings. The zero-order valence-corrected chi connectivity index (χ0v) is 16.9. The van der Waals surface area contributed by atoms with Crippen molar-refractivity contribution in [2.24, 2.45) is 0 Å².